The van der Waals surface area contributed by atoms with Crippen molar-refractivity contribution in [3.8, 4) is 0 Å². The number of carbonyl (C=O) groups is 2. The Morgan fingerprint density at radius 1 is 1.25 bits per heavy atom. The van der Waals surface area contributed by atoms with Crippen LogP contribution >= 0.6 is 15.9 Å². The number of rotatable bonds is 7. The molecule has 2 atom stereocenters. The summed E-state index contributed by atoms with van der Waals surface area (Å²) in [6.45, 7) is 1.84. The molecule has 0 spiro atoms. The summed E-state index contributed by atoms with van der Waals surface area (Å²) < 4.78 is 10.1. The summed E-state index contributed by atoms with van der Waals surface area (Å²) in [6.07, 6.45) is 3.48. The van der Waals surface area contributed by atoms with Crippen LogP contribution in [0.3, 0.4) is 0 Å². The van der Waals surface area contributed by atoms with E-state index >= 15 is 0 Å². The van der Waals surface area contributed by atoms with Gasteiger partial charge in [0.1, 0.15) is 0 Å². The van der Waals surface area contributed by atoms with Crippen LogP contribution < -0.4 is 0 Å². The first-order valence-electron chi connectivity index (χ1n) is 6.66. The van der Waals surface area contributed by atoms with E-state index in [-0.39, 0.29) is 29.9 Å². The molecule has 1 rings (SSSR count). The van der Waals surface area contributed by atoms with Gasteiger partial charge in [0.15, 0.2) is 6.10 Å². The predicted octanol–water partition coefficient (Wildman–Crippen LogP) is 1.84. The van der Waals surface area contributed by atoms with Gasteiger partial charge in [-0.25, -0.2) is 4.79 Å². The minimum atomic E-state index is -0.762. The van der Waals surface area contributed by atoms with Crippen molar-refractivity contribution in [3.05, 3.63) is 0 Å². The highest BCUT2D eigenvalue weighted by molar-refractivity contribution is 9.09. The molecule has 1 aliphatic rings. The number of carbonyl (C=O) groups excluding carboxylic acids is 2. The Hall–Kier alpha value is -0.950. The normalized spacial score (nSPS) is 23.2. The molecular formula is C13H20BrNO5. The number of hydrogen-bond donors (Lipinski definition) is 0. The van der Waals surface area contributed by atoms with E-state index in [4.69, 9.17) is 14.3 Å². The van der Waals surface area contributed by atoms with Gasteiger partial charge in [-0.15, -0.1) is 0 Å². The average molecular weight is 350 g/mol. The molecule has 0 heterocycles. The lowest BCUT2D eigenvalue weighted by Gasteiger charge is -2.28. The molecule has 1 fully saturated rings. The second-order valence-electron chi connectivity index (χ2n) is 4.42. The quantitative estimate of drug-likeness (QED) is 0.230. The van der Waals surface area contributed by atoms with E-state index in [1.807, 2.05) is 0 Å². The fourth-order valence-electron chi connectivity index (χ4n) is 2.04. The van der Waals surface area contributed by atoms with E-state index < -0.39 is 11.8 Å². The van der Waals surface area contributed by atoms with Gasteiger partial charge in [0.05, 0.1) is 18.0 Å². The van der Waals surface area contributed by atoms with Crippen LogP contribution in [0.25, 0.3) is 0 Å². The smallest absolute Gasteiger partial charge is 0.364 e. The summed E-state index contributed by atoms with van der Waals surface area (Å²) in [5.74, 6) is -1.23. The zero-order chi connectivity index (χ0) is 15.0. The van der Waals surface area contributed by atoms with Gasteiger partial charge in [0.25, 0.3) is 0 Å². The number of ketones is 1. The fraction of sp³-hybridized carbons (Fsp3) is 0.769. The molecule has 0 aromatic heterocycles. The summed E-state index contributed by atoms with van der Waals surface area (Å²) in [7, 11) is 1.62. The third-order valence-corrected chi connectivity index (χ3v) is 3.59. The highest BCUT2D eigenvalue weighted by atomic mass is 79.9. The number of oxime groups is 1. The second-order valence-corrected chi connectivity index (χ2v) is 4.98. The Labute approximate surface area is 126 Å². The highest BCUT2D eigenvalue weighted by Crippen LogP contribution is 2.23. The van der Waals surface area contributed by atoms with Crippen molar-refractivity contribution >= 4 is 33.4 Å². The average Bonchev–Trinajstić information content (AvgIpc) is 2.47. The molecule has 114 valence electrons. The first kappa shape index (κ1) is 17.1. The molecule has 1 aliphatic carbocycles. The van der Waals surface area contributed by atoms with Gasteiger partial charge in [-0.2, -0.15) is 0 Å². The second kappa shape index (κ2) is 9.07. The van der Waals surface area contributed by atoms with E-state index in [0.717, 1.165) is 25.7 Å². The Balaban J connectivity index is 2.74. The van der Waals surface area contributed by atoms with Crippen LogP contribution in [0.15, 0.2) is 5.16 Å². The number of alkyl halides is 1. The Bertz CT molecular complexity index is 372. The van der Waals surface area contributed by atoms with Crippen LogP contribution in [-0.4, -0.2) is 48.7 Å². The molecule has 0 aromatic rings. The van der Waals surface area contributed by atoms with E-state index in [0.29, 0.717) is 0 Å². The number of ether oxygens (including phenoxy) is 2. The van der Waals surface area contributed by atoms with Gasteiger partial charge in [0, 0.05) is 7.11 Å². The lowest BCUT2D eigenvalue weighted by Crippen LogP contribution is -2.34. The molecular weight excluding hydrogens is 330 g/mol. The topological polar surface area (TPSA) is 74.2 Å². The molecule has 0 aromatic carbocycles. The Morgan fingerprint density at radius 2 is 1.90 bits per heavy atom. The molecule has 0 N–H and O–H groups in total. The molecule has 0 amide bonds. The molecule has 7 heteroatoms. The summed E-state index contributed by atoms with van der Waals surface area (Å²) >= 11 is 3.01. The van der Waals surface area contributed by atoms with Gasteiger partial charge in [-0.05, 0) is 26.2 Å². The van der Waals surface area contributed by atoms with Crippen molar-refractivity contribution in [3.63, 3.8) is 0 Å². The minimum Gasteiger partial charge on any atom is -0.461 e. The fourth-order valence-corrected chi connectivity index (χ4v) is 2.30. The lowest BCUT2D eigenvalue weighted by atomic mass is 9.95. The van der Waals surface area contributed by atoms with Gasteiger partial charge >= 0.3 is 5.97 Å². The first-order chi connectivity index (χ1) is 9.63. The number of halogens is 1. The maximum Gasteiger partial charge on any atom is 0.364 e. The predicted molar refractivity (Wildman–Crippen MR) is 77.0 cm³/mol. The van der Waals surface area contributed by atoms with E-state index in [1.165, 1.54) is 0 Å². The van der Waals surface area contributed by atoms with Crippen molar-refractivity contribution in [2.75, 3.05) is 19.0 Å². The number of hydrogen-bond acceptors (Lipinski definition) is 6. The lowest BCUT2D eigenvalue weighted by molar-refractivity contribution is -0.136. The van der Waals surface area contributed by atoms with E-state index in [1.54, 1.807) is 14.0 Å². The van der Waals surface area contributed by atoms with Crippen molar-refractivity contribution < 1.29 is 23.9 Å². The molecule has 0 unspecified atom stereocenters. The standard InChI is InChI=1S/C13H20BrNO5/c1-3-19-13(17)12(9(16)8-14)15-20-11-7-5-4-6-10(11)18-2/h10-11H,3-8H2,1-2H3/b15-12+/t10-,11-/m1/s1. The molecule has 20 heavy (non-hydrogen) atoms. The van der Waals surface area contributed by atoms with Crippen LogP contribution in [0.4, 0.5) is 0 Å². The van der Waals surface area contributed by atoms with Crippen molar-refractivity contribution in [1.29, 1.82) is 0 Å². The molecule has 0 bridgehead atoms. The summed E-state index contributed by atoms with van der Waals surface area (Å²) in [5.41, 5.74) is -0.316. The SMILES string of the molecule is CCOC(=O)/C(=N/O[C@@H]1CCCC[C@H]1OC)C(=O)CBr. The minimum absolute atomic E-state index is 0.00756. The third kappa shape index (κ3) is 4.86. The number of methoxy groups -OCH3 is 1. The number of Topliss-reactive ketones (excluding diaryl/α,β-unsaturated/α-hetero) is 1. The number of nitrogens with zero attached hydrogens (tertiary/aromatic N) is 1. The third-order valence-electron chi connectivity index (χ3n) is 3.08. The molecule has 6 nitrogen and oxygen atoms in total. The summed E-state index contributed by atoms with van der Waals surface area (Å²) in [4.78, 5) is 28.7. The maximum atomic E-state index is 11.7. The van der Waals surface area contributed by atoms with Crippen molar-refractivity contribution in [2.24, 2.45) is 5.16 Å². The molecule has 0 radical (unpaired) electrons. The van der Waals surface area contributed by atoms with Crippen LogP contribution in [0.5, 0.6) is 0 Å². The van der Waals surface area contributed by atoms with Crippen LogP contribution in [0, 0.1) is 0 Å². The molecule has 0 saturated heterocycles. The van der Waals surface area contributed by atoms with Gasteiger partial charge in [-0.1, -0.05) is 27.5 Å². The van der Waals surface area contributed by atoms with Crippen LogP contribution in [0.1, 0.15) is 32.6 Å². The molecule has 0 aliphatic heterocycles. The van der Waals surface area contributed by atoms with Gasteiger partial charge < -0.3 is 14.3 Å². The highest BCUT2D eigenvalue weighted by Gasteiger charge is 2.28. The van der Waals surface area contributed by atoms with Gasteiger partial charge in [-0.3, -0.25) is 4.79 Å². The van der Waals surface area contributed by atoms with Crippen molar-refractivity contribution in [1.82, 2.24) is 0 Å². The monoisotopic (exact) mass is 349 g/mol. The Kier molecular flexibility index (Phi) is 7.76. The van der Waals surface area contributed by atoms with Crippen molar-refractivity contribution in [2.45, 2.75) is 44.8 Å². The summed E-state index contributed by atoms with van der Waals surface area (Å²) in [5, 5.41) is 3.71. The zero-order valence-corrected chi connectivity index (χ0v) is 13.3. The molecule has 1 saturated carbocycles. The van der Waals surface area contributed by atoms with Crippen LogP contribution in [-0.2, 0) is 23.9 Å². The van der Waals surface area contributed by atoms with E-state index in [2.05, 4.69) is 21.1 Å². The zero-order valence-electron chi connectivity index (χ0n) is 11.8. The first-order valence-corrected chi connectivity index (χ1v) is 7.79. The largest absolute Gasteiger partial charge is 0.461 e. The summed E-state index contributed by atoms with van der Waals surface area (Å²) in [6, 6.07) is 0. The number of esters is 1. The van der Waals surface area contributed by atoms with Crippen LogP contribution in [0.2, 0.25) is 0 Å². The Morgan fingerprint density at radius 3 is 2.45 bits per heavy atom. The van der Waals surface area contributed by atoms with Gasteiger partial charge in [0.2, 0.25) is 11.5 Å². The maximum absolute atomic E-state index is 11.7. The van der Waals surface area contributed by atoms with E-state index in [9.17, 15) is 9.59 Å².